The Kier molecular flexibility index (Phi) is 5.46. The van der Waals surface area contributed by atoms with Gasteiger partial charge in [-0.3, -0.25) is 9.59 Å². The van der Waals surface area contributed by atoms with Crippen molar-refractivity contribution in [1.82, 2.24) is 10.6 Å². The van der Waals surface area contributed by atoms with Crippen LogP contribution in [0.4, 0.5) is 0 Å². The normalized spacial score (nSPS) is 10.7. The number of amides is 2. The maximum Gasteiger partial charge on any atom is 0.337 e. The number of nitrogens with one attached hydrogen (secondary N) is 2. The molecule has 0 saturated heterocycles. The maximum absolute atomic E-state index is 11.9. The fourth-order valence-corrected chi connectivity index (χ4v) is 1.60. The van der Waals surface area contributed by atoms with E-state index in [2.05, 4.69) is 15.4 Å². The first kappa shape index (κ1) is 16.7. The highest BCUT2D eigenvalue weighted by molar-refractivity contribution is 5.97. The van der Waals surface area contributed by atoms with E-state index in [0.717, 1.165) is 0 Å². The topological polar surface area (TPSA) is 84.5 Å². The molecule has 0 heterocycles. The molecule has 2 amide bonds. The second-order valence-electron chi connectivity index (χ2n) is 5.55. The summed E-state index contributed by atoms with van der Waals surface area (Å²) >= 11 is 0. The van der Waals surface area contributed by atoms with Gasteiger partial charge in [0, 0.05) is 11.1 Å². The third kappa shape index (κ3) is 5.64. The van der Waals surface area contributed by atoms with Gasteiger partial charge in [0.2, 0.25) is 5.91 Å². The van der Waals surface area contributed by atoms with E-state index >= 15 is 0 Å². The van der Waals surface area contributed by atoms with Gasteiger partial charge in [0.15, 0.2) is 0 Å². The Labute approximate surface area is 123 Å². The molecule has 0 fully saturated rings. The van der Waals surface area contributed by atoms with Crippen molar-refractivity contribution in [3.8, 4) is 0 Å². The first-order valence-corrected chi connectivity index (χ1v) is 6.50. The van der Waals surface area contributed by atoms with Crippen molar-refractivity contribution in [2.24, 2.45) is 0 Å². The predicted octanol–water partition coefficient (Wildman–Crippen LogP) is 1.12. The zero-order chi connectivity index (χ0) is 16.0. The molecule has 0 spiro atoms. The Morgan fingerprint density at radius 2 is 1.57 bits per heavy atom. The van der Waals surface area contributed by atoms with Gasteiger partial charge in [-0.1, -0.05) is 0 Å². The van der Waals surface area contributed by atoms with Crippen LogP contribution in [0.25, 0.3) is 0 Å². The van der Waals surface area contributed by atoms with Gasteiger partial charge in [-0.25, -0.2) is 4.79 Å². The number of hydrogen-bond acceptors (Lipinski definition) is 4. The van der Waals surface area contributed by atoms with Crippen LogP contribution in [0.15, 0.2) is 24.3 Å². The van der Waals surface area contributed by atoms with Gasteiger partial charge >= 0.3 is 5.97 Å². The van der Waals surface area contributed by atoms with Crippen molar-refractivity contribution in [1.29, 1.82) is 0 Å². The van der Waals surface area contributed by atoms with Crippen LogP contribution >= 0.6 is 0 Å². The second kappa shape index (κ2) is 6.88. The van der Waals surface area contributed by atoms with Gasteiger partial charge in [0.25, 0.3) is 5.91 Å². The third-order valence-electron chi connectivity index (χ3n) is 2.49. The third-order valence-corrected chi connectivity index (χ3v) is 2.49. The Bertz CT molecular complexity index is 530. The number of rotatable bonds is 4. The van der Waals surface area contributed by atoms with Gasteiger partial charge in [0.05, 0.1) is 19.2 Å². The van der Waals surface area contributed by atoms with Crippen LogP contribution in [0.2, 0.25) is 0 Å². The number of hydrogen-bond donors (Lipinski definition) is 2. The Morgan fingerprint density at radius 3 is 2.05 bits per heavy atom. The molecule has 1 aromatic rings. The minimum absolute atomic E-state index is 0.102. The summed E-state index contributed by atoms with van der Waals surface area (Å²) < 4.78 is 4.57. The fraction of sp³-hybridized carbons (Fsp3) is 0.400. The quantitative estimate of drug-likeness (QED) is 0.814. The SMILES string of the molecule is COC(=O)c1ccc(C(=O)NCC(=O)NC(C)(C)C)cc1. The molecule has 6 heteroatoms. The van der Waals surface area contributed by atoms with Crippen LogP contribution in [-0.4, -0.2) is 37.0 Å². The molecule has 0 aliphatic carbocycles. The molecule has 0 unspecified atom stereocenters. The first-order valence-electron chi connectivity index (χ1n) is 6.50. The predicted molar refractivity (Wildman–Crippen MR) is 78.0 cm³/mol. The number of esters is 1. The molecule has 1 aromatic carbocycles. The van der Waals surface area contributed by atoms with Crippen LogP contribution in [0.5, 0.6) is 0 Å². The van der Waals surface area contributed by atoms with E-state index in [0.29, 0.717) is 11.1 Å². The standard InChI is InChI=1S/C15H20N2O4/c1-15(2,3)17-12(18)9-16-13(19)10-5-7-11(8-6-10)14(20)21-4/h5-8H,9H2,1-4H3,(H,16,19)(H,17,18). The molecule has 0 radical (unpaired) electrons. The Hall–Kier alpha value is -2.37. The zero-order valence-corrected chi connectivity index (χ0v) is 12.6. The van der Waals surface area contributed by atoms with Crippen molar-refractivity contribution < 1.29 is 19.1 Å². The molecule has 0 aliphatic rings. The minimum Gasteiger partial charge on any atom is -0.465 e. The summed E-state index contributed by atoms with van der Waals surface area (Å²) in [5.74, 6) is -1.11. The average Bonchev–Trinajstić information content (AvgIpc) is 2.42. The van der Waals surface area contributed by atoms with Crippen LogP contribution in [-0.2, 0) is 9.53 Å². The molecule has 0 aromatic heterocycles. The van der Waals surface area contributed by atoms with Crippen LogP contribution in [0.3, 0.4) is 0 Å². The van der Waals surface area contributed by atoms with Crippen molar-refractivity contribution in [3.05, 3.63) is 35.4 Å². The summed E-state index contributed by atoms with van der Waals surface area (Å²) in [4.78, 5) is 34.7. The van der Waals surface area contributed by atoms with E-state index < -0.39 is 5.97 Å². The second-order valence-corrected chi connectivity index (χ2v) is 5.55. The molecule has 2 N–H and O–H groups in total. The van der Waals surface area contributed by atoms with Gasteiger partial charge in [0.1, 0.15) is 0 Å². The zero-order valence-electron chi connectivity index (χ0n) is 12.6. The van der Waals surface area contributed by atoms with Gasteiger partial charge in [-0.15, -0.1) is 0 Å². The van der Waals surface area contributed by atoms with Gasteiger partial charge in [-0.2, -0.15) is 0 Å². The number of benzene rings is 1. The van der Waals surface area contributed by atoms with E-state index in [1.165, 1.54) is 31.4 Å². The molecule has 0 bridgehead atoms. The summed E-state index contributed by atoms with van der Waals surface area (Å²) in [5.41, 5.74) is 0.384. The molecule has 114 valence electrons. The summed E-state index contributed by atoms with van der Waals surface area (Å²) in [7, 11) is 1.29. The Morgan fingerprint density at radius 1 is 1.05 bits per heavy atom. The van der Waals surface area contributed by atoms with E-state index in [4.69, 9.17) is 0 Å². The highest BCUT2D eigenvalue weighted by Gasteiger charge is 2.15. The van der Waals surface area contributed by atoms with Crippen molar-refractivity contribution >= 4 is 17.8 Å². The van der Waals surface area contributed by atoms with E-state index in [-0.39, 0.29) is 23.9 Å². The van der Waals surface area contributed by atoms with Crippen LogP contribution in [0.1, 0.15) is 41.5 Å². The molecule has 21 heavy (non-hydrogen) atoms. The van der Waals surface area contributed by atoms with E-state index in [9.17, 15) is 14.4 Å². The smallest absolute Gasteiger partial charge is 0.337 e. The molecule has 0 aliphatic heterocycles. The van der Waals surface area contributed by atoms with Crippen molar-refractivity contribution in [3.63, 3.8) is 0 Å². The summed E-state index contributed by atoms with van der Waals surface area (Å²) in [6.07, 6.45) is 0. The van der Waals surface area contributed by atoms with Crippen molar-refractivity contribution in [2.75, 3.05) is 13.7 Å². The molecule has 1 rings (SSSR count). The largest absolute Gasteiger partial charge is 0.465 e. The van der Waals surface area contributed by atoms with Gasteiger partial charge in [-0.05, 0) is 45.0 Å². The fourth-order valence-electron chi connectivity index (χ4n) is 1.60. The number of carbonyl (C=O) groups is 3. The molecule has 0 saturated carbocycles. The van der Waals surface area contributed by atoms with Crippen LogP contribution in [0, 0.1) is 0 Å². The van der Waals surface area contributed by atoms with Crippen LogP contribution < -0.4 is 10.6 Å². The molecular weight excluding hydrogens is 272 g/mol. The lowest BCUT2D eigenvalue weighted by Gasteiger charge is -2.20. The van der Waals surface area contributed by atoms with E-state index in [1.807, 2.05) is 20.8 Å². The number of methoxy groups -OCH3 is 1. The lowest BCUT2D eigenvalue weighted by molar-refractivity contribution is -0.121. The minimum atomic E-state index is -0.466. The average molecular weight is 292 g/mol. The maximum atomic E-state index is 11.9. The molecule has 6 nitrogen and oxygen atoms in total. The van der Waals surface area contributed by atoms with Crippen molar-refractivity contribution in [2.45, 2.75) is 26.3 Å². The first-order chi connectivity index (χ1) is 9.73. The summed E-state index contributed by atoms with van der Waals surface area (Å²) in [6, 6.07) is 6.00. The number of carbonyl (C=O) groups excluding carboxylic acids is 3. The van der Waals surface area contributed by atoms with Gasteiger partial charge < -0.3 is 15.4 Å². The summed E-state index contributed by atoms with van der Waals surface area (Å²) in [6.45, 7) is 5.48. The lowest BCUT2D eigenvalue weighted by Crippen LogP contribution is -2.45. The molecule has 0 atom stereocenters. The molecular formula is C15H20N2O4. The highest BCUT2D eigenvalue weighted by Crippen LogP contribution is 2.05. The monoisotopic (exact) mass is 292 g/mol. The summed E-state index contributed by atoms with van der Waals surface area (Å²) in [5, 5.41) is 5.26. The lowest BCUT2D eigenvalue weighted by atomic mass is 10.1. The van der Waals surface area contributed by atoms with E-state index in [1.54, 1.807) is 0 Å². The Balaban J connectivity index is 2.56. The highest BCUT2D eigenvalue weighted by atomic mass is 16.5. The number of ether oxygens (including phenoxy) is 1.